The Balaban J connectivity index is 4.23. The number of rotatable bonds is 2. The van der Waals surface area contributed by atoms with Gasteiger partial charge in [0.25, 0.3) is 0 Å². The van der Waals surface area contributed by atoms with Gasteiger partial charge in [0, 0.05) is 0 Å². The van der Waals surface area contributed by atoms with Gasteiger partial charge in [-0.15, -0.1) is 0 Å². The van der Waals surface area contributed by atoms with Gasteiger partial charge in [0.2, 0.25) is 0 Å². The van der Waals surface area contributed by atoms with E-state index in [0.717, 1.165) is 0 Å². The van der Waals surface area contributed by atoms with E-state index in [0.29, 0.717) is 5.04 Å². The fourth-order valence-electron chi connectivity index (χ4n) is 0.805. The van der Waals surface area contributed by atoms with E-state index in [1.54, 1.807) is 0 Å². The summed E-state index contributed by atoms with van der Waals surface area (Å²) < 4.78 is 0. The molecule has 10 heavy (non-hydrogen) atoms. The molecule has 0 atom stereocenters. The summed E-state index contributed by atoms with van der Waals surface area (Å²) in [5, 5.41) is 0.481. The minimum atomic E-state index is -1.07. The third-order valence-corrected chi connectivity index (χ3v) is 62.2. The molecule has 0 aliphatic rings. The standard InChI is InChI=1S/C7H21As2P/c1-8(2,3)10(7)9(4,5)6/h1-7H3. The van der Waals surface area contributed by atoms with Crippen LogP contribution in [0.4, 0.5) is 0 Å². The van der Waals surface area contributed by atoms with Crippen LogP contribution in [0, 0.1) is 0 Å². The molecule has 0 heterocycles. The summed E-state index contributed by atoms with van der Waals surface area (Å²) in [5.74, 6) is 0. The van der Waals surface area contributed by atoms with Crippen molar-refractivity contribution in [1.29, 1.82) is 0 Å². The van der Waals surface area contributed by atoms with Crippen molar-refractivity contribution in [1.82, 2.24) is 0 Å². The van der Waals surface area contributed by atoms with Crippen molar-refractivity contribution in [3.05, 3.63) is 0 Å². The molecule has 0 rings (SSSR count). The summed E-state index contributed by atoms with van der Waals surface area (Å²) in [4.78, 5) is 0. The van der Waals surface area contributed by atoms with E-state index in [1.807, 2.05) is 0 Å². The maximum atomic E-state index is 2.55. The third kappa shape index (κ3) is 3.80. The van der Waals surface area contributed by atoms with E-state index >= 15 is 0 Å². The first kappa shape index (κ1) is 11.5. The Hall–Kier alpha value is 1.55. The summed E-state index contributed by atoms with van der Waals surface area (Å²) >= 11 is -2.15. The van der Waals surface area contributed by atoms with E-state index in [2.05, 4.69) is 40.9 Å². The fourth-order valence-corrected chi connectivity index (χ4v) is 65.2. The van der Waals surface area contributed by atoms with Gasteiger partial charge in [0.05, 0.1) is 0 Å². The first-order valence-electron chi connectivity index (χ1n) is 3.53. The first-order chi connectivity index (χ1) is 4.15. The van der Waals surface area contributed by atoms with Crippen molar-refractivity contribution in [2.24, 2.45) is 0 Å². The molecule has 0 aromatic heterocycles. The predicted octanol–water partition coefficient (Wildman–Crippen LogP) is 3.77. The van der Waals surface area contributed by atoms with Crippen molar-refractivity contribution in [2.75, 3.05) is 6.66 Å². The Bertz CT molecular complexity index is 95.8. The van der Waals surface area contributed by atoms with Crippen LogP contribution < -0.4 is 0 Å². The molecule has 0 nitrogen and oxygen atoms in total. The van der Waals surface area contributed by atoms with Crippen LogP contribution in [0.15, 0.2) is 0 Å². The molecule has 64 valence electrons. The molecule has 0 bridgehead atoms. The van der Waals surface area contributed by atoms with Gasteiger partial charge < -0.3 is 0 Å². The minimum absolute atomic E-state index is 0.481. The Morgan fingerprint density at radius 2 is 0.900 bits per heavy atom. The van der Waals surface area contributed by atoms with Gasteiger partial charge in [-0.25, -0.2) is 0 Å². The van der Waals surface area contributed by atoms with Crippen LogP contribution in [-0.2, 0) is 0 Å². The van der Waals surface area contributed by atoms with Crippen molar-refractivity contribution in [2.45, 2.75) is 34.3 Å². The molecule has 0 aliphatic carbocycles. The van der Waals surface area contributed by atoms with E-state index in [-0.39, 0.29) is 0 Å². The predicted molar refractivity (Wildman–Crippen MR) is 59.5 cm³/mol. The quantitative estimate of drug-likeness (QED) is 0.535. The molecule has 0 aliphatic heterocycles. The third-order valence-electron chi connectivity index (χ3n) is 1.74. The van der Waals surface area contributed by atoms with Crippen LogP contribution in [0.25, 0.3) is 0 Å². The topological polar surface area (TPSA) is 0 Å². The molecule has 0 spiro atoms. The fraction of sp³-hybridized carbons (Fsp3) is 1.00. The SMILES string of the molecule is CP([As](C)(C)C)[As](C)(C)C. The maximum absolute atomic E-state index is 2.55. The van der Waals surface area contributed by atoms with Gasteiger partial charge in [-0.2, -0.15) is 0 Å². The van der Waals surface area contributed by atoms with Crippen LogP contribution in [0.1, 0.15) is 0 Å². The Morgan fingerprint density at radius 1 is 0.700 bits per heavy atom. The van der Waals surface area contributed by atoms with Gasteiger partial charge in [-0.05, 0) is 0 Å². The zero-order valence-electron chi connectivity index (χ0n) is 8.34. The zero-order valence-corrected chi connectivity index (χ0v) is 13.0. The summed E-state index contributed by atoms with van der Waals surface area (Å²) in [6.07, 6.45) is 0. The van der Waals surface area contributed by atoms with Crippen molar-refractivity contribution < 1.29 is 0 Å². The molecule has 0 fully saturated rings. The molecule has 0 N–H and O–H groups in total. The normalized spacial score (nSPS) is 14.4. The molecular weight excluding hydrogens is 265 g/mol. The molecule has 0 unspecified atom stereocenters. The molecule has 0 aromatic carbocycles. The Labute approximate surface area is 72.0 Å². The molecule has 3 heteroatoms. The summed E-state index contributed by atoms with van der Waals surface area (Å²) in [6, 6.07) is 0. The van der Waals surface area contributed by atoms with Crippen LogP contribution in [0.2, 0.25) is 34.3 Å². The van der Waals surface area contributed by atoms with Gasteiger partial charge in [-0.1, -0.05) is 0 Å². The molecule has 0 aromatic rings. The second-order valence-corrected chi connectivity index (χ2v) is 46.1. The van der Waals surface area contributed by atoms with Gasteiger partial charge in [0.1, 0.15) is 0 Å². The second kappa shape index (κ2) is 3.51. The number of hydrogen-bond donors (Lipinski definition) is 0. The van der Waals surface area contributed by atoms with Crippen molar-refractivity contribution in [3.8, 4) is 0 Å². The summed E-state index contributed by atoms with van der Waals surface area (Å²) in [7, 11) is 0. The Morgan fingerprint density at radius 3 is 0.900 bits per heavy atom. The molecular formula is C7H21As2P. The zero-order chi connectivity index (χ0) is 8.58. The average molecular weight is 286 g/mol. The Kier molecular flexibility index (Phi) is 4.05. The molecule has 0 saturated heterocycles. The van der Waals surface area contributed by atoms with Crippen LogP contribution in [0.3, 0.4) is 0 Å². The van der Waals surface area contributed by atoms with Crippen molar-refractivity contribution in [3.63, 3.8) is 0 Å². The van der Waals surface area contributed by atoms with Crippen LogP contribution >= 0.6 is 5.04 Å². The van der Waals surface area contributed by atoms with E-state index in [4.69, 9.17) is 0 Å². The average Bonchev–Trinajstić information content (AvgIpc) is 1.59. The second-order valence-electron chi connectivity index (χ2n) is 4.37. The molecule has 2 radical (unpaired) electrons. The van der Waals surface area contributed by atoms with Gasteiger partial charge in [-0.3, -0.25) is 0 Å². The van der Waals surface area contributed by atoms with E-state index in [1.165, 1.54) is 0 Å². The van der Waals surface area contributed by atoms with E-state index < -0.39 is 26.2 Å². The summed E-state index contributed by atoms with van der Waals surface area (Å²) in [6.45, 7) is 2.55. The van der Waals surface area contributed by atoms with E-state index in [9.17, 15) is 0 Å². The molecule has 0 amide bonds. The first-order valence-corrected chi connectivity index (χ1v) is 21.5. The number of hydrogen-bond acceptors (Lipinski definition) is 0. The van der Waals surface area contributed by atoms with Gasteiger partial charge >= 0.3 is 72.2 Å². The van der Waals surface area contributed by atoms with Crippen molar-refractivity contribution >= 4 is 31.2 Å². The molecule has 0 saturated carbocycles. The van der Waals surface area contributed by atoms with Gasteiger partial charge in [0.15, 0.2) is 0 Å². The van der Waals surface area contributed by atoms with Crippen LogP contribution in [-0.4, -0.2) is 32.9 Å². The monoisotopic (exact) mass is 286 g/mol. The van der Waals surface area contributed by atoms with Crippen LogP contribution in [0.5, 0.6) is 0 Å². The summed E-state index contributed by atoms with van der Waals surface area (Å²) in [5.41, 5.74) is 15.3.